The summed E-state index contributed by atoms with van der Waals surface area (Å²) in [4.78, 5) is 2.19. The van der Waals surface area contributed by atoms with E-state index in [4.69, 9.17) is 8.83 Å². The Morgan fingerprint density at radius 3 is 2.43 bits per heavy atom. The van der Waals surface area contributed by atoms with E-state index in [1.807, 2.05) is 6.92 Å². The largest absolute Gasteiger partial charge is 0.451 e. The predicted molar refractivity (Wildman–Crippen MR) is 111 cm³/mol. The second-order valence-electron chi connectivity index (χ2n) is 7.95. The Hall–Kier alpha value is -2.65. The molecule has 30 heavy (non-hydrogen) atoms. The molecule has 1 aliphatic heterocycles. The van der Waals surface area contributed by atoms with Gasteiger partial charge in [-0.15, -0.1) is 10.2 Å². The maximum Gasteiger partial charge on any atom is 0.276 e. The van der Waals surface area contributed by atoms with Crippen LogP contribution < -0.4 is 4.90 Å². The predicted octanol–water partition coefficient (Wildman–Crippen LogP) is 3.42. The number of anilines is 1. The Labute approximate surface area is 175 Å². The first-order valence-electron chi connectivity index (χ1n) is 10.2. The van der Waals surface area contributed by atoms with E-state index in [-0.39, 0.29) is 5.09 Å². The van der Waals surface area contributed by atoms with Crippen molar-refractivity contribution < 1.29 is 17.3 Å². The zero-order valence-corrected chi connectivity index (χ0v) is 17.6. The molecule has 2 fully saturated rings. The maximum atomic E-state index is 13.0. The van der Waals surface area contributed by atoms with Gasteiger partial charge in [-0.25, -0.2) is 8.42 Å². The summed E-state index contributed by atoms with van der Waals surface area (Å²) in [7, 11) is -3.71. The molecule has 0 unspecified atom stereocenters. The fraction of sp³-hybridized carbons (Fsp3) is 0.429. The Morgan fingerprint density at radius 1 is 1.03 bits per heavy atom. The van der Waals surface area contributed by atoms with E-state index in [9.17, 15) is 8.42 Å². The first-order valence-corrected chi connectivity index (χ1v) is 11.7. The van der Waals surface area contributed by atoms with Crippen molar-refractivity contribution >= 4 is 15.7 Å². The highest BCUT2D eigenvalue weighted by molar-refractivity contribution is 7.89. The first-order chi connectivity index (χ1) is 14.5. The fourth-order valence-electron chi connectivity index (χ4n) is 3.80. The Kier molecular flexibility index (Phi) is 4.86. The third kappa shape index (κ3) is 3.52. The SMILES string of the molecule is Cc1ccc(N2CCN(S(=O)(=O)c3cc(-c4nnc(C5CCC5)o4)co3)CC2)cc1. The van der Waals surface area contributed by atoms with Crippen LogP contribution in [0.15, 0.2) is 50.5 Å². The van der Waals surface area contributed by atoms with Crippen molar-refractivity contribution in [3.8, 4) is 11.5 Å². The van der Waals surface area contributed by atoms with E-state index in [1.54, 1.807) is 0 Å². The molecule has 0 spiro atoms. The Morgan fingerprint density at radius 2 is 1.77 bits per heavy atom. The average molecular weight is 429 g/mol. The number of piperazine rings is 1. The van der Waals surface area contributed by atoms with Crippen LogP contribution in [0.2, 0.25) is 0 Å². The summed E-state index contributed by atoms with van der Waals surface area (Å²) in [6.45, 7) is 4.11. The average Bonchev–Trinajstić information content (AvgIpc) is 3.37. The number of aromatic nitrogens is 2. The fourth-order valence-corrected chi connectivity index (χ4v) is 5.15. The molecule has 2 aromatic heterocycles. The molecule has 8 nitrogen and oxygen atoms in total. The number of rotatable bonds is 5. The van der Waals surface area contributed by atoms with Gasteiger partial charge in [0.15, 0.2) is 0 Å². The summed E-state index contributed by atoms with van der Waals surface area (Å²) >= 11 is 0. The van der Waals surface area contributed by atoms with Crippen molar-refractivity contribution in [2.24, 2.45) is 0 Å². The molecule has 158 valence electrons. The van der Waals surface area contributed by atoms with E-state index in [1.165, 1.54) is 28.6 Å². The molecule has 1 aromatic carbocycles. The van der Waals surface area contributed by atoms with Crippen molar-refractivity contribution in [2.75, 3.05) is 31.1 Å². The minimum Gasteiger partial charge on any atom is -0.451 e. The van der Waals surface area contributed by atoms with E-state index in [0.717, 1.165) is 18.5 Å². The number of nitrogens with zero attached hydrogens (tertiary/aromatic N) is 4. The van der Waals surface area contributed by atoms with Crippen molar-refractivity contribution in [2.45, 2.75) is 37.2 Å². The number of benzene rings is 1. The lowest BCUT2D eigenvalue weighted by molar-refractivity contribution is 0.338. The molecule has 0 radical (unpaired) electrons. The van der Waals surface area contributed by atoms with Gasteiger partial charge in [0.2, 0.25) is 11.0 Å². The minimum atomic E-state index is -3.71. The van der Waals surface area contributed by atoms with Crippen LogP contribution in [0.3, 0.4) is 0 Å². The van der Waals surface area contributed by atoms with Gasteiger partial charge < -0.3 is 13.7 Å². The van der Waals surface area contributed by atoms with Crippen LogP contribution in [0.4, 0.5) is 5.69 Å². The molecule has 5 rings (SSSR count). The summed E-state index contributed by atoms with van der Waals surface area (Å²) in [5.41, 5.74) is 2.80. The van der Waals surface area contributed by atoms with Crippen LogP contribution in [0.5, 0.6) is 0 Å². The van der Waals surface area contributed by atoms with Crippen molar-refractivity contribution in [3.63, 3.8) is 0 Å². The number of aryl methyl sites for hydroxylation is 1. The van der Waals surface area contributed by atoms with Gasteiger partial charge in [-0.1, -0.05) is 24.1 Å². The van der Waals surface area contributed by atoms with Gasteiger partial charge >= 0.3 is 0 Å². The lowest BCUT2D eigenvalue weighted by atomic mass is 9.85. The van der Waals surface area contributed by atoms with Crippen LogP contribution in [0.25, 0.3) is 11.5 Å². The lowest BCUT2D eigenvalue weighted by Crippen LogP contribution is -2.48. The van der Waals surface area contributed by atoms with Gasteiger partial charge in [0, 0.05) is 43.9 Å². The molecule has 1 saturated carbocycles. The van der Waals surface area contributed by atoms with Crippen molar-refractivity contribution in [1.82, 2.24) is 14.5 Å². The van der Waals surface area contributed by atoms with Crippen LogP contribution in [0.1, 0.15) is 36.6 Å². The van der Waals surface area contributed by atoms with Gasteiger partial charge in [0.25, 0.3) is 15.9 Å². The highest BCUT2D eigenvalue weighted by Gasteiger charge is 2.32. The highest BCUT2D eigenvalue weighted by Crippen LogP contribution is 2.37. The number of hydrogen-bond donors (Lipinski definition) is 0. The third-order valence-electron chi connectivity index (χ3n) is 5.95. The zero-order valence-electron chi connectivity index (χ0n) is 16.8. The normalized spacial score (nSPS) is 18.5. The van der Waals surface area contributed by atoms with Crippen molar-refractivity contribution in [3.05, 3.63) is 48.0 Å². The quantitative estimate of drug-likeness (QED) is 0.615. The molecule has 0 atom stereocenters. The monoisotopic (exact) mass is 428 g/mol. The maximum absolute atomic E-state index is 13.0. The minimum absolute atomic E-state index is 0.0929. The molecule has 0 bridgehead atoms. The van der Waals surface area contributed by atoms with Crippen LogP contribution in [-0.4, -0.2) is 49.1 Å². The zero-order chi connectivity index (χ0) is 20.7. The molecule has 1 saturated heterocycles. The summed E-state index contributed by atoms with van der Waals surface area (Å²) in [6.07, 6.45) is 4.66. The first kappa shape index (κ1) is 19.3. The van der Waals surface area contributed by atoms with E-state index < -0.39 is 10.0 Å². The van der Waals surface area contributed by atoms with Crippen LogP contribution in [0, 0.1) is 6.92 Å². The summed E-state index contributed by atoms with van der Waals surface area (Å²) in [6, 6.07) is 9.74. The molecule has 0 N–H and O–H groups in total. The van der Waals surface area contributed by atoms with Gasteiger partial charge in [-0.05, 0) is 31.9 Å². The lowest BCUT2D eigenvalue weighted by Gasteiger charge is -2.34. The Balaban J connectivity index is 1.28. The summed E-state index contributed by atoms with van der Waals surface area (Å²) in [5.74, 6) is 1.24. The molecular formula is C21H24N4O4S. The second kappa shape index (κ2) is 7.55. The smallest absolute Gasteiger partial charge is 0.276 e. The molecule has 2 aliphatic rings. The van der Waals surface area contributed by atoms with Crippen molar-refractivity contribution in [1.29, 1.82) is 0 Å². The van der Waals surface area contributed by atoms with Gasteiger partial charge in [0.1, 0.15) is 6.26 Å². The Bertz CT molecular complexity index is 1120. The molecule has 9 heteroatoms. The molecule has 0 amide bonds. The molecule has 1 aliphatic carbocycles. The van der Waals surface area contributed by atoms with E-state index >= 15 is 0 Å². The number of furan rings is 1. The second-order valence-corrected chi connectivity index (χ2v) is 9.82. The number of sulfonamides is 1. The summed E-state index contributed by atoms with van der Waals surface area (Å²) < 4.78 is 38.7. The van der Waals surface area contributed by atoms with Crippen LogP contribution in [-0.2, 0) is 10.0 Å². The topological polar surface area (TPSA) is 92.7 Å². The third-order valence-corrected chi connectivity index (χ3v) is 7.72. The van der Waals surface area contributed by atoms with E-state index in [0.29, 0.717) is 49.4 Å². The highest BCUT2D eigenvalue weighted by atomic mass is 32.2. The number of hydrogen-bond acceptors (Lipinski definition) is 7. The van der Waals surface area contributed by atoms with E-state index in [2.05, 4.69) is 39.4 Å². The summed E-state index contributed by atoms with van der Waals surface area (Å²) in [5, 5.41) is 8.06. The molecular weight excluding hydrogens is 404 g/mol. The van der Waals surface area contributed by atoms with Gasteiger partial charge in [-0.2, -0.15) is 4.31 Å². The standard InChI is InChI=1S/C21H24N4O4S/c1-15-5-7-18(8-6-15)24-9-11-25(12-10-24)30(26,27)19-13-17(14-28-19)21-23-22-20(29-21)16-3-2-4-16/h5-8,13-14,16H,2-4,9-12H2,1H3. The van der Waals surface area contributed by atoms with Crippen LogP contribution >= 0.6 is 0 Å². The van der Waals surface area contributed by atoms with Gasteiger partial charge in [0.05, 0.1) is 5.56 Å². The molecule has 3 heterocycles. The van der Waals surface area contributed by atoms with Gasteiger partial charge in [-0.3, -0.25) is 0 Å². The molecule has 3 aromatic rings.